The molecule has 0 atom stereocenters. The summed E-state index contributed by atoms with van der Waals surface area (Å²) in [5.41, 5.74) is 0.473. The molecule has 0 saturated carbocycles. The molecule has 3 aromatic heterocycles. The Hall–Kier alpha value is -3.43. The molecule has 10 heteroatoms. The molecular weight excluding hydrogens is 340 g/mol. The first kappa shape index (κ1) is 17.4. The van der Waals surface area contributed by atoms with Crippen LogP contribution in [-0.4, -0.2) is 42.4 Å². The molecule has 0 aliphatic rings. The van der Waals surface area contributed by atoms with Gasteiger partial charge in [-0.1, -0.05) is 5.16 Å². The molecule has 136 valence electrons. The SMILES string of the molecule is CN(Cc1cnn(C)c1)c1nc(C(=O)Cc2cnoc2)c(O)c(=O)n1C. The van der Waals surface area contributed by atoms with E-state index in [2.05, 4.69) is 19.8 Å². The van der Waals surface area contributed by atoms with E-state index in [1.807, 2.05) is 6.20 Å². The van der Waals surface area contributed by atoms with Crippen molar-refractivity contribution < 1.29 is 14.4 Å². The summed E-state index contributed by atoms with van der Waals surface area (Å²) in [6.07, 6.45) is 6.18. The molecule has 0 radical (unpaired) electrons. The van der Waals surface area contributed by atoms with E-state index in [1.54, 1.807) is 29.9 Å². The van der Waals surface area contributed by atoms with Gasteiger partial charge in [-0.25, -0.2) is 4.98 Å². The molecule has 3 aromatic rings. The average molecular weight is 358 g/mol. The molecule has 0 aliphatic carbocycles. The number of rotatable bonds is 6. The molecule has 26 heavy (non-hydrogen) atoms. The van der Waals surface area contributed by atoms with Gasteiger partial charge < -0.3 is 14.5 Å². The minimum Gasteiger partial charge on any atom is -0.501 e. The Morgan fingerprint density at radius 1 is 1.31 bits per heavy atom. The highest BCUT2D eigenvalue weighted by atomic mass is 16.5. The molecule has 0 bridgehead atoms. The normalized spacial score (nSPS) is 10.9. The summed E-state index contributed by atoms with van der Waals surface area (Å²) in [5.74, 6) is -0.919. The third kappa shape index (κ3) is 3.34. The first-order valence-corrected chi connectivity index (χ1v) is 7.77. The zero-order chi connectivity index (χ0) is 18.8. The fourth-order valence-corrected chi connectivity index (χ4v) is 2.60. The van der Waals surface area contributed by atoms with Crippen LogP contribution in [0.15, 0.2) is 34.2 Å². The van der Waals surface area contributed by atoms with Gasteiger partial charge in [0.25, 0.3) is 5.56 Å². The van der Waals surface area contributed by atoms with Crippen molar-refractivity contribution in [3.63, 3.8) is 0 Å². The van der Waals surface area contributed by atoms with E-state index in [9.17, 15) is 14.7 Å². The van der Waals surface area contributed by atoms with E-state index < -0.39 is 17.1 Å². The third-order valence-electron chi connectivity index (χ3n) is 3.88. The van der Waals surface area contributed by atoms with Crippen LogP contribution in [0.25, 0.3) is 0 Å². The Morgan fingerprint density at radius 3 is 2.69 bits per heavy atom. The van der Waals surface area contributed by atoms with Crippen LogP contribution in [-0.2, 0) is 27.1 Å². The Morgan fingerprint density at radius 2 is 2.08 bits per heavy atom. The Balaban J connectivity index is 1.93. The fraction of sp³-hybridized carbons (Fsp3) is 0.312. The maximum absolute atomic E-state index is 12.5. The number of hydrogen-bond acceptors (Lipinski definition) is 8. The van der Waals surface area contributed by atoms with Crippen molar-refractivity contribution in [3.05, 3.63) is 52.0 Å². The zero-order valence-electron chi connectivity index (χ0n) is 14.6. The van der Waals surface area contributed by atoms with Crippen LogP contribution in [0.2, 0.25) is 0 Å². The number of Topliss-reactive ketones (excluding diaryl/α,β-unsaturated/α-hetero) is 1. The minimum absolute atomic E-state index is 0.0804. The van der Waals surface area contributed by atoms with E-state index in [0.29, 0.717) is 12.1 Å². The van der Waals surface area contributed by atoms with Gasteiger partial charge in [0.2, 0.25) is 11.7 Å². The van der Waals surface area contributed by atoms with Crippen LogP contribution in [0.5, 0.6) is 5.75 Å². The van der Waals surface area contributed by atoms with Crippen molar-refractivity contribution in [1.82, 2.24) is 24.5 Å². The number of nitrogens with zero attached hydrogens (tertiary/aromatic N) is 6. The number of aryl methyl sites for hydroxylation is 1. The largest absolute Gasteiger partial charge is 0.501 e. The van der Waals surface area contributed by atoms with Gasteiger partial charge in [-0.2, -0.15) is 5.10 Å². The number of hydrogen-bond donors (Lipinski definition) is 1. The number of aromatic hydroxyl groups is 1. The highest BCUT2D eigenvalue weighted by Gasteiger charge is 2.22. The summed E-state index contributed by atoms with van der Waals surface area (Å²) in [7, 11) is 5.03. The Bertz CT molecular complexity index is 989. The standard InChI is InChI=1S/C16H18N6O4/c1-20(7-11-5-17-21(2)8-11)16-19-13(14(24)15(25)22(16)3)12(23)4-10-6-18-26-9-10/h5-6,8-9,24H,4,7H2,1-3H3. The Kier molecular flexibility index (Phi) is 4.57. The second-order valence-electron chi connectivity index (χ2n) is 5.98. The average Bonchev–Trinajstić information content (AvgIpc) is 3.24. The van der Waals surface area contributed by atoms with Gasteiger partial charge in [0.05, 0.1) is 12.4 Å². The summed E-state index contributed by atoms with van der Waals surface area (Å²) in [5, 5.41) is 17.7. The molecule has 0 amide bonds. The Labute approximate surface area is 148 Å². The van der Waals surface area contributed by atoms with Gasteiger partial charge in [-0.05, 0) is 0 Å². The molecule has 0 aromatic carbocycles. The lowest BCUT2D eigenvalue weighted by molar-refractivity contribution is 0.0984. The van der Waals surface area contributed by atoms with Gasteiger partial charge in [0.15, 0.2) is 11.5 Å². The topological polar surface area (TPSA) is 119 Å². The third-order valence-corrected chi connectivity index (χ3v) is 3.88. The van der Waals surface area contributed by atoms with Crippen molar-refractivity contribution in [3.8, 4) is 5.75 Å². The van der Waals surface area contributed by atoms with Gasteiger partial charge in [-0.3, -0.25) is 18.8 Å². The van der Waals surface area contributed by atoms with Crippen LogP contribution >= 0.6 is 0 Å². The van der Waals surface area contributed by atoms with Crippen LogP contribution in [0.1, 0.15) is 21.6 Å². The minimum atomic E-state index is -0.693. The number of carbonyl (C=O) groups excluding carboxylic acids is 1. The van der Waals surface area contributed by atoms with E-state index in [0.717, 1.165) is 5.56 Å². The summed E-state index contributed by atoms with van der Waals surface area (Å²) >= 11 is 0. The van der Waals surface area contributed by atoms with Gasteiger partial charge in [0, 0.05) is 51.4 Å². The maximum atomic E-state index is 12.5. The molecular formula is C16H18N6O4. The van der Waals surface area contributed by atoms with Gasteiger partial charge >= 0.3 is 0 Å². The zero-order valence-corrected chi connectivity index (χ0v) is 14.6. The molecule has 0 spiro atoms. The van der Waals surface area contributed by atoms with Gasteiger partial charge in [-0.15, -0.1) is 0 Å². The quantitative estimate of drug-likeness (QED) is 0.624. The predicted molar refractivity (Wildman–Crippen MR) is 91.0 cm³/mol. The number of carbonyl (C=O) groups is 1. The van der Waals surface area contributed by atoms with Crippen molar-refractivity contribution in [2.75, 3.05) is 11.9 Å². The van der Waals surface area contributed by atoms with E-state index in [1.165, 1.54) is 24.1 Å². The van der Waals surface area contributed by atoms with Crippen molar-refractivity contribution in [2.24, 2.45) is 14.1 Å². The van der Waals surface area contributed by atoms with E-state index in [4.69, 9.17) is 0 Å². The van der Waals surface area contributed by atoms with Crippen molar-refractivity contribution in [1.29, 1.82) is 0 Å². The lowest BCUT2D eigenvalue weighted by atomic mass is 10.1. The number of anilines is 1. The van der Waals surface area contributed by atoms with Crippen LogP contribution in [0, 0.1) is 0 Å². The van der Waals surface area contributed by atoms with Crippen LogP contribution in [0.4, 0.5) is 5.95 Å². The summed E-state index contributed by atoms with van der Waals surface area (Å²) < 4.78 is 7.55. The van der Waals surface area contributed by atoms with Crippen molar-refractivity contribution in [2.45, 2.75) is 13.0 Å². The van der Waals surface area contributed by atoms with Crippen molar-refractivity contribution >= 4 is 11.7 Å². The molecule has 0 saturated heterocycles. The maximum Gasteiger partial charge on any atom is 0.297 e. The molecule has 0 unspecified atom stereocenters. The van der Waals surface area contributed by atoms with Crippen LogP contribution < -0.4 is 10.5 Å². The number of ketones is 1. The molecule has 0 fully saturated rings. The number of aromatic nitrogens is 5. The highest BCUT2D eigenvalue weighted by molar-refractivity contribution is 5.98. The molecule has 1 N–H and O–H groups in total. The monoisotopic (exact) mass is 358 g/mol. The molecule has 3 rings (SSSR count). The molecule has 10 nitrogen and oxygen atoms in total. The van der Waals surface area contributed by atoms with Gasteiger partial charge in [0.1, 0.15) is 6.26 Å². The second kappa shape index (κ2) is 6.82. The van der Waals surface area contributed by atoms with E-state index in [-0.39, 0.29) is 18.1 Å². The lowest BCUT2D eigenvalue weighted by Gasteiger charge is -2.20. The predicted octanol–water partition coefficient (Wildman–Crippen LogP) is 0.269. The summed E-state index contributed by atoms with van der Waals surface area (Å²) in [4.78, 5) is 30.7. The first-order valence-electron chi connectivity index (χ1n) is 7.77. The first-order chi connectivity index (χ1) is 12.4. The smallest absolute Gasteiger partial charge is 0.297 e. The summed E-state index contributed by atoms with van der Waals surface area (Å²) in [6.45, 7) is 0.429. The fourth-order valence-electron chi connectivity index (χ4n) is 2.60. The molecule has 3 heterocycles. The molecule has 0 aliphatic heterocycles. The highest BCUT2D eigenvalue weighted by Crippen LogP contribution is 2.18. The van der Waals surface area contributed by atoms with Crippen LogP contribution in [0.3, 0.4) is 0 Å². The lowest BCUT2D eigenvalue weighted by Crippen LogP contribution is -2.30. The second-order valence-corrected chi connectivity index (χ2v) is 5.98. The van der Waals surface area contributed by atoms with E-state index >= 15 is 0 Å². The summed E-state index contributed by atoms with van der Waals surface area (Å²) in [6, 6.07) is 0.